The van der Waals surface area contributed by atoms with Gasteiger partial charge in [0.15, 0.2) is 6.61 Å². The lowest BCUT2D eigenvalue weighted by atomic mass is 10.2. The van der Waals surface area contributed by atoms with E-state index in [-0.39, 0.29) is 42.4 Å². The molecule has 29 heavy (non-hydrogen) atoms. The number of furan rings is 1. The lowest BCUT2D eigenvalue weighted by molar-refractivity contribution is -0.135. The molecule has 0 aliphatic carbocycles. The molecule has 0 atom stereocenters. The summed E-state index contributed by atoms with van der Waals surface area (Å²) in [4.78, 5) is 25.6. The highest BCUT2D eigenvalue weighted by atomic mass is 32.2. The second kappa shape index (κ2) is 8.46. The predicted octanol–water partition coefficient (Wildman–Crippen LogP) is 1.15. The van der Waals surface area contributed by atoms with Gasteiger partial charge in [0.2, 0.25) is 15.8 Å². The highest BCUT2D eigenvalue weighted by molar-refractivity contribution is 7.89. The van der Waals surface area contributed by atoms with Gasteiger partial charge in [0, 0.05) is 31.7 Å². The number of benzene rings is 1. The molecule has 1 aromatic heterocycles. The molecular weight excluding hydrogens is 398 g/mol. The highest BCUT2D eigenvalue weighted by Crippen LogP contribution is 2.21. The first-order valence-electron chi connectivity index (χ1n) is 8.83. The van der Waals surface area contributed by atoms with E-state index >= 15 is 0 Å². The van der Waals surface area contributed by atoms with E-state index in [2.05, 4.69) is 0 Å². The van der Waals surface area contributed by atoms with Crippen LogP contribution in [0.1, 0.15) is 21.7 Å². The summed E-state index contributed by atoms with van der Waals surface area (Å²) >= 11 is 0. The van der Waals surface area contributed by atoms with Crippen LogP contribution in [-0.4, -0.2) is 62.3 Å². The molecule has 1 aliphatic rings. The summed E-state index contributed by atoms with van der Waals surface area (Å²) in [6.45, 7) is 1.71. The molecule has 1 saturated heterocycles. The molecule has 0 unspecified atom stereocenters. The second-order valence-electron chi connectivity index (χ2n) is 6.40. The second-order valence-corrected chi connectivity index (χ2v) is 8.31. The standard InChI is InChI=1S/C19H19N3O6S/c1-14-6-11-27-18(14)19(24)28-13-17(23)21-7-9-22(10-8-21)29(25,26)16-5-3-2-4-15(16)12-20/h2-6,11H,7-10,13H2,1H3. The van der Waals surface area contributed by atoms with E-state index in [1.54, 1.807) is 25.1 Å². The number of nitriles is 1. The zero-order valence-electron chi connectivity index (χ0n) is 15.7. The third-order valence-electron chi connectivity index (χ3n) is 4.59. The molecule has 1 aromatic carbocycles. The van der Waals surface area contributed by atoms with Gasteiger partial charge in [-0.25, -0.2) is 13.2 Å². The van der Waals surface area contributed by atoms with Crippen molar-refractivity contribution in [1.82, 2.24) is 9.21 Å². The number of esters is 1. The number of ether oxygens (including phenoxy) is 1. The van der Waals surface area contributed by atoms with Crippen LogP contribution in [0.25, 0.3) is 0 Å². The number of piperazine rings is 1. The van der Waals surface area contributed by atoms with Gasteiger partial charge < -0.3 is 14.1 Å². The van der Waals surface area contributed by atoms with E-state index < -0.39 is 28.5 Å². The maximum atomic E-state index is 12.8. The summed E-state index contributed by atoms with van der Waals surface area (Å²) in [6, 6.07) is 9.49. The van der Waals surface area contributed by atoms with E-state index in [4.69, 9.17) is 14.4 Å². The van der Waals surface area contributed by atoms with E-state index in [9.17, 15) is 18.0 Å². The smallest absolute Gasteiger partial charge is 0.375 e. The van der Waals surface area contributed by atoms with Crippen molar-refractivity contribution in [3.05, 3.63) is 53.5 Å². The highest BCUT2D eigenvalue weighted by Gasteiger charge is 2.32. The van der Waals surface area contributed by atoms with Crippen molar-refractivity contribution in [2.45, 2.75) is 11.8 Å². The molecule has 2 aromatic rings. The molecule has 0 saturated carbocycles. The lowest BCUT2D eigenvalue weighted by Gasteiger charge is -2.34. The first-order chi connectivity index (χ1) is 13.8. The molecule has 9 nitrogen and oxygen atoms in total. The summed E-state index contributed by atoms with van der Waals surface area (Å²) in [5.41, 5.74) is 0.685. The minimum Gasteiger partial charge on any atom is -0.457 e. The number of aryl methyl sites for hydroxylation is 1. The first kappa shape index (κ1) is 20.6. The lowest BCUT2D eigenvalue weighted by Crippen LogP contribution is -2.51. The van der Waals surface area contributed by atoms with Crippen LogP contribution in [0.3, 0.4) is 0 Å². The quantitative estimate of drug-likeness (QED) is 0.669. The van der Waals surface area contributed by atoms with Crippen LogP contribution in [-0.2, 0) is 19.6 Å². The van der Waals surface area contributed by atoms with Gasteiger partial charge in [-0.2, -0.15) is 9.57 Å². The van der Waals surface area contributed by atoms with Crippen LogP contribution in [0.2, 0.25) is 0 Å². The number of nitrogens with zero attached hydrogens (tertiary/aromatic N) is 3. The summed E-state index contributed by atoms with van der Waals surface area (Å²) < 4.78 is 36.9. The molecule has 0 N–H and O–H groups in total. The summed E-state index contributed by atoms with van der Waals surface area (Å²) in [7, 11) is -3.84. The van der Waals surface area contributed by atoms with Crippen molar-refractivity contribution in [3.8, 4) is 6.07 Å². The van der Waals surface area contributed by atoms with E-state index in [0.717, 1.165) is 0 Å². The number of carbonyl (C=O) groups excluding carboxylic acids is 2. The molecule has 1 amide bonds. The van der Waals surface area contributed by atoms with Gasteiger partial charge in [-0.3, -0.25) is 4.79 Å². The van der Waals surface area contributed by atoms with Gasteiger partial charge in [-0.05, 0) is 25.1 Å². The van der Waals surface area contributed by atoms with E-state index in [1.165, 1.54) is 27.6 Å². The first-order valence-corrected chi connectivity index (χ1v) is 10.3. The molecule has 1 aliphatic heterocycles. The Bertz CT molecular complexity index is 1060. The van der Waals surface area contributed by atoms with Crippen molar-refractivity contribution >= 4 is 21.9 Å². The van der Waals surface area contributed by atoms with Crippen molar-refractivity contribution in [3.63, 3.8) is 0 Å². The molecule has 3 rings (SSSR count). The Morgan fingerprint density at radius 3 is 2.48 bits per heavy atom. The van der Waals surface area contributed by atoms with Gasteiger partial charge in [-0.15, -0.1) is 0 Å². The fraction of sp³-hybridized carbons (Fsp3) is 0.316. The van der Waals surface area contributed by atoms with E-state index in [1.807, 2.05) is 6.07 Å². The van der Waals surface area contributed by atoms with Gasteiger partial charge in [0.05, 0.1) is 16.7 Å². The van der Waals surface area contributed by atoms with Gasteiger partial charge in [0.25, 0.3) is 5.91 Å². The maximum Gasteiger partial charge on any atom is 0.375 e. The van der Waals surface area contributed by atoms with Crippen molar-refractivity contribution < 1.29 is 27.2 Å². The topological polar surface area (TPSA) is 121 Å². The van der Waals surface area contributed by atoms with Gasteiger partial charge in [-0.1, -0.05) is 12.1 Å². The minimum atomic E-state index is -3.84. The predicted molar refractivity (Wildman–Crippen MR) is 100 cm³/mol. The minimum absolute atomic E-state index is 0.0462. The molecule has 0 spiro atoms. The molecule has 2 heterocycles. The summed E-state index contributed by atoms with van der Waals surface area (Å²) in [5, 5.41) is 9.15. The number of hydrogen-bond acceptors (Lipinski definition) is 7. The van der Waals surface area contributed by atoms with Crippen LogP contribution in [0.5, 0.6) is 0 Å². The number of amides is 1. The summed E-state index contributed by atoms with van der Waals surface area (Å²) in [6.07, 6.45) is 1.36. The number of sulfonamides is 1. The van der Waals surface area contributed by atoms with Crippen LogP contribution in [0.15, 0.2) is 45.9 Å². The van der Waals surface area contributed by atoms with Gasteiger partial charge >= 0.3 is 5.97 Å². The van der Waals surface area contributed by atoms with Crippen LogP contribution in [0, 0.1) is 18.3 Å². The molecule has 0 radical (unpaired) electrons. The van der Waals surface area contributed by atoms with Crippen LogP contribution < -0.4 is 0 Å². The zero-order valence-corrected chi connectivity index (χ0v) is 16.5. The monoisotopic (exact) mass is 417 g/mol. The third kappa shape index (κ3) is 4.31. The fourth-order valence-corrected chi connectivity index (χ4v) is 4.53. The summed E-state index contributed by atoms with van der Waals surface area (Å²) in [5.74, 6) is -1.10. The van der Waals surface area contributed by atoms with Crippen molar-refractivity contribution in [2.24, 2.45) is 0 Å². The number of carbonyl (C=O) groups is 2. The SMILES string of the molecule is Cc1ccoc1C(=O)OCC(=O)N1CCN(S(=O)(=O)c2ccccc2C#N)CC1. The van der Waals surface area contributed by atoms with Crippen molar-refractivity contribution in [1.29, 1.82) is 5.26 Å². The molecule has 1 fully saturated rings. The van der Waals surface area contributed by atoms with Crippen molar-refractivity contribution in [2.75, 3.05) is 32.8 Å². The Morgan fingerprint density at radius 1 is 1.17 bits per heavy atom. The Hall–Kier alpha value is -3.16. The fourth-order valence-electron chi connectivity index (χ4n) is 2.97. The third-order valence-corrected chi connectivity index (χ3v) is 6.55. The Morgan fingerprint density at radius 2 is 1.86 bits per heavy atom. The van der Waals surface area contributed by atoms with E-state index in [0.29, 0.717) is 5.56 Å². The maximum absolute atomic E-state index is 12.8. The number of hydrogen-bond donors (Lipinski definition) is 0. The van der Waals surface area contributed by atoms with Crippen LogP contribution in [0.4, 0.5) is 0 Å². The largest absolute Gasteiger partial charge is 0.457 e. The Kier molecular flexibility index (Phi) is 6.00. The average molecular weight is 417 g/mol. The molecule has 152 valence electrons. The van der Waals surface area contributed by atoms with Crippen LogP contribution >= 0.6 is 0 Å². The molecule has 10 heteroatoms. The average Bonchev–Trinajstić information content (AvgIpc) is 3.17. The Balaban J connectivity index is 1.57. The number of rotatable bonds is 5. The molecular formula is C19H19N3O6S. The zero-order chi connectivity index (χ0) is 21.0. The molecule has 0 bridgehead atoms. The van der Waals surface area contributed by atoms with Gasteiger partial charge in [0.1, 0.15) is 6.07 Å². The Labute approximate surface area is 168 Å². The normalized spacial score (nSPS) is 15.0.